The number of nitrogens with zero attached hydrogens (tertiary/aromatic N) is 2. The second-order valence-corrected chi connectivity index (χ2v) is 7.78. The fourth-order valence-electron chi connectivity index (χ4n) is 3.96. The van der Waals surface area contributed by atoms with E-state index in [1.165, 1.54) is 25.5 Å². The number of likely N-dealkylation sites (tertiary alicyclic amines) is 1. The van der Waals surface area contributed by atoms with E-state index in [2.05, 4.69) is 32.7 Å². The van der Waals surface area contributed by atoms with Crippen LogP contribution in [0.2, 0.25) is 0 Å². The van der Waals surface area contributed by atoms with Gasteiger partial charge in [-0.05, 0) is 63.5 Å². The first-order valence-electron chi connectivity index (χ1n) is 11.1. The molecule has 33 heavy (non-hydrogen) atoms. The lowest BCUT2D eigenvalue weighted by Crippen LogP contribution is -2.42. The van der Waals surface area contributed by atoms with Gasteiger partial charge in [-0.2, -0.15) is 0 Å². The summed E-state index contributed by atoms with van der Waals surface area (Å²) in [5.41, 5.74) is 1.68. The van der Waals surface area contributed by atoms with E-state index in [1.54, 1.807) is 20.1 Å². The Hall–Kier alpha value is -2.27. The molecule has 1 saturated heterocycles. The Morgan fingerprint density at radius 3 is 2.48 bits per heavy atom. The van der Waals surface area contributed by atoms with Gasteiger partial charge in [0, 0.05) is 13.1 Å². The highest BCUT2D eigenvalue weighted by atomic mass is 127. The van der Waals surface area contributed by atoms with Gasteiger partial charge in [-0.25, -0.2) is 9.79 Å². The number of hydrogen-bond donors (Lipinski definition) is 2. The van der Waals surface area contributed by atoms with E-state index < -0.39 is 5.97 Å². The number of esters is 1. The average Bonchev–Trinajstić information content (AvgIpc) is 3.47. The lowest BCUT2D eigenvalue weighted by molar-refractivity contribution is 0.0599. The number of halogens is 1. The number of hydrogen-bond acceptors (Lipinski definition) is 6. The van der Waals surface area contributed by atoms with Crippen molar-refractivity contribution >= 4 is 35.9 Å². The Kier molecular flexibility index (Phi) is 11.0. The van der Waals surface area contributed by atoms with Crippen molar-refractivity contribution in [3.63, 3.8) is 0 Å². The molecular weight excluding hydrogens is 535 g/mol. The molecule has 0 radical (unpaired) electrons. The van der Waals surface area contributed by atoms with Crippen molar-refractivity contribution in [3.05, 3.63) is 53.0 Å². The van der Waals surface area contributed by atoms with E-state index in [9.17, 15) is 4.79 Å². The van der Waals surface area contributed by atoms with Crippen LogP contribution >= 0.6 is 24.0 Å². The molecule has 8 nitrogen and oxygen atoms in total. The van der Waals surface area contributed by atoms with Crippen LogP contribution in [-0.4, -0.2) is 57.2 Å². The van der Waals surface area contributed by atoms with Crippen LogP contribution in [0.3, 0.4) is 0 Å². The second-order valence-electron chi connectivity index (χ2n) is 7.78. The maximum absolute atomic E-state index is 11.8. The lowest BCUT2D eigenvalue weighted by Gasteiger charge is -2.29. The van der Waals surface area contributed by atoms with Crippen LogP contribution in [0.1, 0.15) is 53.2 Å². The molecule has 1 aromatic carbocycles. The summed E-state index contributed by atoms with van der Waals surface area (Å²) in [5.74, 6) is 2.31. The first kappa shape index (κ1) is 27.0. The van der Waals surface area contributed by atoms with Crippen molar-refractivity contribution in [2.45, 2.75) is 39.3 Å². The molecule has 0 amide bonds. The molecule has 2 heterocycles. The number of guanidine groups is 1. The van der Waals surface area contributed by atoms with Crippen molar-refractivity contribution in [2.24, 2.45) is 4.99 Å². The molecule has 2 aromatic rings. The standard InChI is InChI=1S/C24H34N4O4.HI/c1-5-25-24(26-15-20-14-21(17(2)32-20)23(29)31-4)27-16-22(28-12-6-7-13-28)18-8-10-19(30-3)11-9-18;/h8-11,14,22H,5-7,12-13,15-16H2,1-4H3,(H2,25,26,27);1H. The minimum Gasteiger partial charge on any atom is -0.497 e. The van der Waals surface area contributed by atoms with Crippen LogP contribution in [0.4, 0.5) is 0 Å². The molecule has 1 atom stereocenters. The van der Waals surface area contributed by atoms with Crippen molar-refractivity contribution in [2.75, 3.05) is 40.4 Å². The van der Waals surface area contributed by atoms with Gasteiger partial charge in [0.1, 0.15) is 29.4 Å². The van der Waals surface area contributed by atoms with E-state index in [1.807, 2.05) is 19.1 Å². The highest BCUT2D eigenvalue weighted by Crippen LogP contribution is 2.26. The van der Waals surface area contributed by atoms with Gasteiger partial charge < -0.3 is 24.5 Å². The Balaban J connectivity index is 0.00000385. The number of benzene rings is 1. The van der Waals surface area contributed by atoms with Gasteiger partial charge in [-0.3, -0.25) is 4.90 Å². The van der Waals surface area contributed by atoms with Crippen LogP contribution in [0, 0.1) is 6.92 Å². The quantitative estimate of drug-likeness (QED) is 0.205. The Labute approximate surface area is 213 Å². The van der Waals surface area contributed by atoms with Gasteiger partial charge in [0.2, 0.25) is 0 Å². The number of nitrogens with one attached hydrogen (secondary N) is 2. The number of ether oxygens (including phenoxy) is 2. The molecule has 1 unspecified atom stereocenters. The molecule has 2 N–H and O–H groups in total. The number of carbonyl (C=O) groups is 1. The van der Waals surface area contributed by atoms with E-state index in [0.717, 1.165) is 31.9 Å². The van der Waals surface area contributed by atoms with Crippen LogP contribution in [-0.2, 0) is 11.3 Å². The summed E-state index contributed by atoms with van der Waals surface area (Å²) >= 11 is 0. The zero-order valence-corrected chi connectivity index (χ0v) is 22.2. The molecule has 3 rings (SSSR count). The Morgan fingerprint density at radius 2 is 1.88 bits per heavy atom. The maximum Gasteiger partial charge on any atom is 0.341 e. The second kappa shape index (κ2) is 13.4. The average molecular weight is 570 g/mol. The molecule has 1 fully saturated rings. The van der Waals surface area contributed by atoms with Crippen LogP contribution in [0.5, 0.6) is 5.75 Å². The van der Waals surface area contributed by atoms with Crippen LogP contribution < -0.4 is 15.4 Å². The van der Waals surface area contributed by atoms with E-state index >= 15 is 0 Å². The first-order chi connectivity index (χ1) is 15.5. The summed E-state index contributed by atoms with van der Waals surface area (Å²) < 4.78 is 15.8. The summed E-state index contributed by atoms with van der Waals surface area (Å²) in [6.07, 6.45) is 2.45. The number of methoxy groups -OCH3 is 2. The SMILES string of the molecule is CCNC(=NCc1cc(C(=O)OC)c(C)o1)NCC(c1ccc(OC)cc1)N1CCCC1.I. The predicted molar refractivity (Wildman–Crippen MR) is 140 cm³/mol. The molecule has 9 heteroatoms. The highest BCUT2D eigenvalue weighted by Gasteiger charge is 2.24. The number of carbonyl (C=O) groups excluding carboxylic acids is 1. The molecule has 1 aliphatic heterocycles. The van der Waals surface area contributed by atoms with Gasteiger partial charge in [-0.15, -0.1) is 24.0 Å². The Morgan fingerprint density at radius 1 is 1.18 bits per heavy atom. The van der Waals surface area contributed by atoms with E-state index in [0.29, 0.717) is 29.6 Å². The largest absolute Gasteiger partial charge is 0.497 e. The van der Waals surface area contributed by atoms with Gasteiger partial charge in [-0.1, -0.05) is 12.1 Å². The number of rotatable bonds is 9. The summed E-state index contributed by atoms with van der Waals surface area (Å²) in [4.78, 5) is 19.0. The summed E-state index contributed by atoms with van der Waals surface area (Å²) in [6.45, 7) is 7.76. The van der Waals surface area contributed by atoms with Gasteiger partial charge in [0.05, 0.1) is 20.3 Å². The fraction of sp³-hybridized carbons (Fsp3) is 0.500. The normalized spacial score (nSPS) is 15.0. The Bertz CT molecular complexity index is 908. The van der Waals surface area contributed by atoms with Crippen molar-refractivity contribution in [1.29, 1.82) is 0 Å². The summed E-state index contributed by atoms with van der Waals surface area (Å²) in [5, 5.41) is 6.77. The molecule has 0 bridgehead atoms. The molecule has 1 aromatic heterocycles. The highest BCUT2D eigenvalue weighted by molar-refractivity contribution is 14.0. The summed E-state index contributed by atoms with van der Waals surface area (Å²) in [7, 11) is 3.04. The smallest absolute Gasteiger partial charge is 0.341 e. The molecule has 0 aliphatic carbocycles. The minimum absolute atomic E-state index is 0. The minimum atomic E-state index is -0.403. The van der Waals surface area contributed by atoms with Crippen molar-refractivity contribution in [3.8, 4) is 5.75 Å². The first-order valence-corrected chi connectivity index (χ1v) is 11.1. The number of aliphatic imine (C=N–C) groups is 1. The zero-order chi connectivity index (χ0) is 22.9. The lowest BCUT2D eigenvalue weighted by atomic mass is 10.1. The molecular formula is C24H35IN4O4. The van der Waals surface area contributed by atoms with Crippen molar-refractivity contribution in [1.82, 2.24) is 15.5 Å². The monoisotopic (exact) mass is 570 g/mol. The molecule has 0 spiro atoms. The zero-order valence-electron chi connectivity index (χ0n) is 19.8. The molecule has 182 valence electrons. The third-order valence-corrected chi connectivity index (χ3v) is 5.66. The third-order valence-electron chi connectivity index (χ3n) is 5.66. The van der Waals surface area contributed by atoms with Gasteiger partial charge >= 0.3 is 5.97 Å². The summed E-state index contributed by atoms with van der Waals surface area (Å²) in [6, 6.07) is 10.2. The predicted octanol–water partition coefficient (Wildman–Crippen LogP) is 3.89. The topological polar surface area (TPSA) is 88.3 Å². The third kappa shape index (κ3) is 7.36. The van der Waals surface area contributed by atoms with Gasteiger partial charge in [0.15, 0.2) is 5.96 Å². The maximum atomic E-state index is 11.8. The fourth-order valence-corrected chi connectivity index (χ4v) is 3.96. The number of aryl methyl sites for hydroxylation is 1. The van der Waals surface area contributed by atoms with Gasteiger partial charge in [0.25, 0.3) is 0 Å². The van der Waals surface area contributed by atoms with Crippen LogP contribution in [0.15, 0.2) is 39.7 Å². The number of furan rings is 1. The van der Waals surface area contributed by atoms with Crippen LogP contribution in [0.25, 0.3) is 0 Å². The van der Waals surface area contributed by atoms with Crippen molar-refractivity contribution < 1.29 is 18.7 Å². The molecule has 1 aliphatic rings. The van der Waals surface area contributed by atoms with E-state index in [4.69, 9.17) is 13.9 Å². The van der Waals surface area contributed by atoms with E-state index in [-0.39, 0.29) is 30.0 Å². The molecule has 0 saturated carbocycles.